The minimum Gasteiger partial charge on any atom is -0.389 e. The van der Waals surface area contributed by atoms with Crippen molar-refractivity contribution in [2.24, 2.45) is 0 Å². The number of hydrogen-bond acceptors (Lipinski definition) is 5. The molecule has 118 valence electrons. The second-order valence-corrected chi connectivity index (χ2v) is 5.30. The van der Waals surface area contributed by atoms with Crippen molar-refractivity contribution in [2.45, 2.75) is 25.6 Å². The molecule has 0 aliphatic heterocycles. The molecule has 2 atom stereocenters. The smallest absolute Gasteiger partial charge is 0.137 e. The van der Waals surface area contributed by atoms with E-state index >= 15 is 0 Å². The second-order valence-electron chi connectivity index (χ2n) is 5.30. The lowest BCUT2D eigenvalue weighted by Gasteiger charge is -2.18. The van der Waals surface area contributed by atoms with Crippen molar-refractivity contribution in [3.05, 3.63) is 60.7 Å². The molecule has 2 unspecified atom stereocenters. The van der Waals surface area contributed by atoms with Crippen LogP contribution < -0.4 is 0 Å². The maximum absolute atomic E-state index is 10.3. The van der Waals surface area contributed by atoms with Gasteiger partial charge in [0.25, 0.3) is 0 Å². The topological polar surface area (TPSA) is 81.6 Å². The molecule has 3 rings (SSSR count). The molecule has 3 aromatic rings. The molecule has 0 aliphatic rings. The quantitative estimate of drug-likeness (QED) is 0.749. The lowest BCUT2D eigenvalue weighted by atomic mass is 10.2. The molecular weight excluding hydrogens is 292 g/mol. The van der Waals surface area contributed by atoms with Crippen LogP contribution in [0.1, 0.15) is 24.1 Å². The van der Waals surface area contributed by atoms with Crippen LogP contribution in [0.3, 0.4) is 0 Å². The molecule has 0 spiro atoms. The van der Waals surface area contributed by atoms with Gasteiger partial charge in [0.15, 0.2) is 0 Å². The summed E-state index contributed by atoms with van der Waals surface area (Å²) in [5, 5.41) is 18.6. The fourth-order valence-electron chi connectivity index (χ4n) is 2.18. The molecule has 0 fully saturated rings. The van der Waals surface area contributed by atoms with Crippen molar-refractivity contribution in [1.82, 2.24) is 29.5 Å². The summed E-state index contributed by atoms with van der Waals surface area (Å²) in [4.78, 5) is 7.94. The highest BCUT2D eigenvalue weighted by Gasteiger charge is 2.17. The first-order valence-corrected chi connectivity index (χ1v) is 7.35. The molecule has 1 N–H and O–H groups in total. The van der Waals surface area contributed by atoms with E-state index in [0.29, 0.717) is 6.54 Å². The minimum absolute atomic E-state index is 0.167. The predicted octanol–water partition coefficient (Wildman–Crippen LogP) is 1.66. The van der Waals surface area contributed by atoms with Gasteiger partial charge in [0.2, 0.25) is 0 Å². The highest BCUT2D eigenvalue weighted by Crippen LogP contribution is 2.14. The van der Waals surface area contributed by atoms with Crippen LogP contribution in [0.5, 0.6) is 0 Å². The summed E-state index contributed by atoms with van der Waals surface area (Å²) >= 11 is 0. The van der Waals surface area contributed by atoms with E-state index in [0.717, 1.165) is 11.1 Å². The van der Waals surface area contributed by atoms with Gasteiger partial charge in [0, 0.05) is 24.2 Å². The molecule has 0 aliphatic carbocycles. The average molecular weight is 310 g/mol. The Labute approximate surface area is 133 Å². The summed E-state index contributed by atoms with van der Waals surface area (Å²) in [5.41, 5.74) is 1.99. The van der Waals surface area contributed by atoms with Gasteiger partial charge in [-0.2, -0.15) is 10.2 Å². The predicted molar refractivity (Wildman–Crippen MR) is 86.1 cm³/mol. The Morgan fingerprint density at radius 1 is 1.17 bits per heavy atom. The van der Waals surface area contributed by atoms with Gasteiger partial charge in [-0.15, -0.1) is 0 Å². The van der Waals surface area contributed by atoms with Crippen molar-refractivity contribution in [1.29, 1.82) is 0 Å². The normalized spacial score (nSPS) is 14.2. The standard InChI is InChI=1S/C16H18N6O/c1-13(16(23)10-21-12-18-11-20-21)22-9-15(8-19-22)5-4-14-3-2-6-17-7-14/h2-9,11-13,16,23H,10H2,1H3. The maximum atomic E-state index is 10.3. The van der Waals surface area contributed by atoms with Gasteiger partial charge in [-0.3, -0.25) is 14.3 Å². The summed E-state index contributed by atoms with van der Waals surface area (Å²) < 4.78 is 3.36. The number of hydrogen-bond donors (Lipinski definition) is 1. The first-order valence-electron chi connectivity index (χ1n) is 7.35. The maximum Gasteiger partial charge on any atom is 0.137 e. The molecular formula is C16H18N6O. The zero-order chi connectivity index (χ0) is 16.1. The lowest BCUT2D eigenvalue weighted by Crippen LogP contribution is -2.27. The van der Waals surface area contributed by atoms with Crippen LogP contribution in [0.4, 0.5) is 0 Å². The van der Waals surface area contributed by atoms with Crippen LogP contribution in [-0.2, 0) is 6.54 Å². The van der Waals surface area contributed by atoms with Crippen LogP contribution in [0, 0.1) is 0 Å². The van der Waals surface area contributed by atoms with Crippen LogP contribution >= 0.6 is 0 Å². The molecule has 0 saturated heterocycles. The van der Waals surface area contributed by atoms with E-state index in [-0.39, 0.29) is 6.04 Å². The Morgan fingerprint density at radius 2 is 2.04 bits per heavy atom. The van der Waals surface area contributed by atoms with Gasteiger partial charge in [0.05, 0.1) is 24.9 Å². The minimum atomic E-state index is -0.605. The highest BCUT2D eigenvalue weighted by atomic mass is 16.3. The molecule has 3 heterocycles. The second kappa shape index (κ2) is 6.97. The SMILES string of the molecule is CC(C(O)Cn1cncn1)n1cc(C=Cc2cccnc2)cn1. The first kappa shape index (κ1) is 15.1. The van der Waals surface area contributed by atoms with E-state index in [1.807, 2.05) is 37.4 Å². The van der Waals surface area contributed by atoms with Crippen LogP contribution in [0.25, 0.3) is 12.2 Å². The summed E-state index contributed by atoms with van der Waals surface area (Å²) in [6.45, 7) is 2.30. The van der Waals surface area contributed by atoms with Gasteiger partial charge < -0.3 is 5.11 Å². The Morgan fingerprint density at radius 3 is 2.78 bits per heavy atom. The van der Waals surface area contributed by atoms with E-state index in [1.54, 1.807) is 34.3 Å². The third kappa shape index (κ3) is 3.89. The van der Waals surface area contributed by atoms with Crippen LogP contribution in [0.2, 0.25) is 0 Å². The fraction of sp³-hybridized carbons (Fsp3) is 0.250. The third-order valence-electron chi connectivity index (χ3n) is 3.59. The van der Waals surface area contributed by atoms with E-state index < -0.39 is 6.10 Å². The molecule has 0 aromatic carbocycles. The largest absolute Gasteiger partial charge is 0.389 e. The first-order chi connectivity index (χ1) is 11.2. The van der Waals surface area contributed by atoms with Crippen molar-refractivity contribution in [2.75, 3.05) is 0 Å². The van der Waals surface area contributed by atoms with E-state index in [2.05, 4.69) is 20.2 Å². The zero-order valence-corrected chi connectivity index (χ0v) is 12.8. The van der Waals surface area contributed by atoms with Gasteiger partial charge in [-0.05, 0) is 18.6 Å². The average Bonchev–Trinajstić information content (AvgIpc) is 3.25. The molecule has 0 saturated carbocycles. The van der Waals surface area contributed by atoms with Crippen molar-refractivity contribution in [3.63, 3.8) is 0 Å². The van der Waals surface area contributed by atoms with Gasteiger partial charge >= 0.3 is 0 Å². The van der Waals surface area contributed by atoms with Crippen molar-refractivity contribution in [3.8, 4) is 0 Å². The fourth-order valence-corrected chi connectivity index (χ4v) is 2.18. The monoisotopic (exact) mass is 310 g/mol. The summed E-state index contributed by atoms with van der Waals surface area (Å²) in [6.07, 6.45) is 13.6. The van der Waals surface area contributed by atoms with E-state index in [4.69, 9.17) is 0 Å². The third-order valence-corrected chi connectivity index (χ3v) is 3.59. The molecule has 0 radical (unpaired) electrons. The number of aromatic nitrogens is 6. The number of aliphatic hydroxyl groups excluding tert-OH is 1. The Kier molecular flexibility index (Phi) is 4.58. The molecule has 7 nitrogen and oxygen atoms in total. The number of pyridine rings is 1. The lowest BCUT2D eigenvalue weighted by molar-refractivity contribution is 0.0934. The van der Waals surface area contributed by atoms with Crippen LogP contribution in [-0.4, -0.2) is 40.7 Å². The molecule has 7 heteroatoms. The van der Waals surface area contributed by atoms with Gasteiger partial charge in [-0.25, -0.2) is 4.98 Å². The Bertz CT molecular complexity index is 750. The number of rotatable bonds is 6. The van der Waals surface area contributed by atoms with Gasteiger partial charge in [-0.1, -0.05) is 18.2 Å². The summed E-state index contributed by atoms with van der Waals surface area (Å²) in [7, 11) is 0. The zero-order valence-electron chi connectivity index (χ0n) is 12.8. The number of aliphatic hydroxyl groups is 1. The molecule has 0 bridgehead atoms. The van der Waals surface area contributed by atoms with E-state index in [9.17, 15) is 5.11 Å². The molecule has 23 heavy (non-hydrogen) atoms. The van der Waals surface area contributed by atoms with E-state index in [1.165, 1.54) is 6.33 Å². The summed E-state index contributed by atoms with van der Waals surface area (Å²) in [6, 6.07) is 3.71. The Hall–Kier alpha value is -2.80. The highest BCUT2D eigenvalue weighted by molar-refractivity contribution is 5.68. The Balaban J connectivity index is 1.65. The molecule has 0 amide bonds. The van der Waals surface area contributed by atoms with Crippen molar-refractivity contribution < 1.29 is 5.11 Å². The van der Waals surface area contributed by atoms with Crippen LogP contribution in [0.15, 0.2) is 49.6 Å². The molecule has 3 aromatic heterocycles. The van der Waals surface area contributed by atoms with Crippen molar-refractivity contribution >= 4 is 12.2 Å². The van der Waals surface area contributed by atoms with Gasteiger partial charge in [0.1, 0.15) is 12.7 Å². The summed E-state index contributed by atoms with van der Waals surface area (Å²) in [5.74, 6) is 0. The number of nitrogens with zero attached hydrogens (tertiary/aromatic N) is 6.